The Balaban J connectivity index is 1.47. The molecule has 3 heterocycles. The van der Waals surface area contributed by atoms with Gasteiger partial charge in [-0.2, -0.15) is 9.78 Å². The third-order valence-electron chi connectivity index (χ3n) is 4.89. The van der Waals surface area contributed by atoms with E-state index in [9.17, 15) is 9.18 Å². The van der Waals surface area contributed by atoms with Crippen LogP contribution >= 0.6 is 0 Å². The van der Waals surface area contributed by atoms with Gasteiger partial charge >= 0.3 is 0 Å². The molecule has 0 saturated carbocycles. The highest BCUT2D eigenvalue weighted by atomic mass is 19.1. The molecule has 164 valence electrons. The number of rotatable bonds is 6. The molecule has 0 aliphatic rings. The molecule has 4 aromatic rings. The fourth-order valence-corrected chi connectivity index (χ4v) is 3.15. The van der Waals surface area contributed by atoms with Gasteiger partial charge in [0.2, 0.25) is 5.91 Å². The molecule has 1 N–H and O–H groups in total. The number of halogens is 1. The largest absolute Gasteiger partial charge is 0.461 e. The van der Waals surface area contributed by atoms with Gasteiger partial charge in [0.1, 0.15) is 23.2 Å². The van der Waals surface area contributed by atoms with E-state index in [1.54, 1.807) is 48.8 Å². The monoisotopic (exact) mass is 433 g/mol. The van der Waals surface area contributed by atoms with Gasteiger partial charge in [-0.3, -0.25) is 4.79 Å². The van der Waals surface area contributed by atoms with Gasteiger partial charge in [-0.1, -0.05) is 32.9 Å². The molecule has 7 nitrogen and oxygen atoms in total. The number of anilines is 1. The van der Waals surface area contributed by atoms with Crippen molar-refractivity contribution in [2.24, 2.45) is 0 Å². The lowest BCUT2D eigenvalue weighted by atomic mass is 9.92. The fraction of sp³-hybridized carbons (Fsp3) is 0.250. The van der Waals surface area contributed by atoms with Crippen molar-refractivity contribution in [2.45, 2.75) is 39.0 Å². The lowest BCUT2D eigenvalue weighted by molar-refractivity contribution is -0.116. The van der Waals surface area contributed by atoms with Crippen LogP contribution in [-0.4, -0.2) is 25.7 Å². The normalized spacial score (nSPS) is 11.5. The molecular weight excluding hydrogens is 409 g/mol. The third kappa shape index (κ3) is 4.74. The molecule has 0 radical (unpaired) electrons. The third-order valence-corrected chi connectivity index (χ3v) is 4.89. The SMILES string of the molecule is CC(C)(C)c1cc(NC(=O)CCc2ccc(-c3ccccc3F)o2)n(-c2ncccn2)n1. The highest BCUT2D eigenvalue weighted by Gasteiger charge is 2.22. The summed E-state index contributed by atoms with van der Waals surface area (Å²) in [5.74, 6) is 1.36. The molecule has 0 aliphatic heterocycles. The first-order valence-corrected chi connectivity index (χ1v) is 10.3. The number of amides is 1. The molecule has 0 unspecified atom stereocenters. The van der Waals surface area contributed by atoms with E-state index in [1.807, 2.05) is 26.8 Å². The van der Waals surface area contributed by atoms with Crippen molar-refractivity contribution in [1.82, 2.24) is 19.7 Å². The minimum Gasteiger partial charge on any atom is -0.461 e. The van der Waals surface area contributed by atoms with Crippen LogP contribution in [0.4, 0.5) is 10.2 Å². The molecule has 1 aromatic carbocycles. The topological polar surface area (TPSA) is 85.8 Å². The van der Waals surface area contributed by atoms with Crippen molar-refractivity contribution >= 4 is 11.7 Å². The standard InChI is InChI=1S/C24H24FN5O2/c1-24(2,3)20-15-21(30(29-20)23-26-13-6-14-27-23)28-22(31)12-10-16-9-11-19(32-16)17-7-4-5-8-18(17)25/h4-9,11,13-15H,10,12H2,1-3H3,(H,28,31). The van der Waals surface area contributed by atoms with E-state index in [1.165, 1.54) is 10.7 Å². The van der Waals surface area contributed by atoms with E-state index in [0.29, 0.717) is 35.3 Å². The lowest BCUT2D eigenvalue weighted by Gasteiger charge is -2.13. The molecule has 0 atom stereocenters. The van der Waals surface area contributed by atoms with Gasteiger partial charge < -0.3 is 9.73 Å². The van der Waals surface area contributed by atoms with Crippen molar-refractivity contribution in [3.8, 4) is 17.3 Å². The number of furan rings is 1. The molecule has 0 saturated heterocycles. The maximum absolute atomic E-state index is 14.0. The average molecular weight is 433 g/mol. The van der Waals surface area contributed by atoms with Crippen LogP contribution in [0.1, 0.15) is 38.6 Å². The van der Waals surface area contributed by atoms with Crippen LogP contribution in [0.15, 0.2) is 65.3 Å². The summed E-state index contributed by atoms with van der Waals surface area (Å²) in [4.78, 5) is 21.1. The van der Waals surface area contributed by atoms with Crippen LogP contribution in [0, 0.1) is 5.82 Å². The van der Waals surface area contributed by atoms with Gasteiger partial charge in [0, 0.05) is 36.7 Å². The Labute approximate surface area is 185 Å². The van der Waals surface area contributed by atoms with Crippen molar-refractivity contribution in [3.63, 3.8) is 0 Å². The van der Waals surface area contributed by atoms with Gasteiger partial charge in [-0.25, -0.2) is 14.4 Å². The Kier molecular flexibility index (Phi) is 5.85. The molecule has 4 rings (SSSR count). The molecule has 0 fully saturated rings. The molecule has 3 aromatic heterocycles. The Morgan fingerprint density at radius 2 is 1.84 bits per heavy atom. The van der Waals surface area contributed by atoms with Crippen LogP contribution in [0.2, 0.25) is 0 Å². The summed E-state index contributed by atoms with van der Waals surface area (Å²) < 4.78 is 21.2. The first-order chi connectivity index (χ1) is 15.3. The predicted molar refractivity (Wildman–Crippen MR) is 119 cm³/mol. The first kappa shape index (κ1) is 21.4. The highest BCUT2D eigenvalue weighted by Crippen LogP contribution is 2.27. The maximum Gasteiger partial charge on any atom is 0.252 e. The highest BCUT2D eigenvalue weighted by molar-refractivity contribution is 5.90. The molecule has 0 bridgehead atoms. The summed E-state index contributed by atoms with van der Waals surface area (Å²) in [6.07, 6.45) is 3.81. The van der Waals surface area contributed by atoms with Crippen LogP contribution in [0.3, 0.4) is 0 Å². The summed E-state index contributed by atoms with van der Waals surface area (Å²) in [7, 11) is 0. The number of carbonyl (C=O) groups is 1. The Bertz CT molecular complexity index is 1220. The summed E-state index contributed by atoms with van der Waals surface area (Å²) in [5.41, 5.74) is 0.988. The van der Waals surface area contributed by atoms with Crippen LogP contribution in [0.5, 0.6) is 0 Å². The molecule has 0 spiro atoms. The smallest absolute Gasteiger partial charge is 0.252 e. The Morgan fingerprint density at radius 1 is 1.09 bits per heavy atom. The van der Waals surface area contributed by atoms with Gasteiger partial charge in [0.25, 0.3) is 5.95 Å². The van der Waals surface area contributed by atoms with Crippen molar-refractivity contribution in [2.75, 3.05) is 5.32 Å². The zero-order valence-electron chi connectivity index (χ0n) is 18.2. The molecule has 0 aliphatic carbocycles. The summed E-state index contributed by atoms with van der Waals surface area (Å²) in [5, 5.41) is 7.49. The summed E-state index contributed by atoms with van der Waals surface area (Å²) >= 11 is 0. The summed E-state index contributed by atoms with van der Waals surface area (Å²) in [6, 6.07) is 13.4. The number of nitrogens with one attached hydrogen (secondary N) is 1. The van der Waals surface area contributed by atoms with Crippen LogP contribution < -0.4 is 5.32 Å². The lowest BCUT2D eigenvalue weighted by Crippen LogP contribution is -2.16. The summed E-state index contributed by atoms with van der Waals surface area (Å²) in [6.45, 7) is 6.13. The number of aromatic nitrogens is 4. The number of nitrogens with zero attached hydrogens (tertiary/aromatic N) is 4. The van der Waals surface area contributed by atoms with E-state index in [2.05, 4.69) is 20.4 Å². The van der Waals surface area contributed by atoms with Gasteiger partial charge in [0.15, 0.2) is 0 Å². The second-order valence-corrected chi connectivity index (χ2v) is 8.42. The van der Waals surface area contributed by atoms with Gasteiger partial charge in [0.05, 0.1) is 11.3 Å². The van der Waals surface area contributed by atoms with Crippen molar-refractivity contribution in [3.05, 3.63) is 78.2 Å². The predicted octanol–water partition coefficient (Wildman–Crippen LogP) is 4.93. The number of carbonyl (C=O) groups excluding carboxylic acids is 1. The van der Waals surface area contributed by atoms with E-state index in [-0.39, 0.29) is 23.6 Å². The second kappa shape index (κ2) is 8.74. The minimum absolute atomic E-state index is 0.190. The molecule has 8 heteroatoms. The number of aryl methyl sites for hydroxylation is 1. The van der Waals surface area contributed by atoms with Crippen LogP contribution in [-0.2, 0) is 16.6 Å². The molecule has 32 heavy (non-hydrogen) atoms. The van der Waals surface area contributed by atoms with E-state index < -0.39 is 0 Å². The fourth-order valence-electron chi connectivity index (χ4n) is 3.15. The molecule has 1 amide bonds. The zero-order chi connectivity index (χ0) is 22.7. The number of hydrogen-bond donors (Lipinski definition) is 1. The van der Waals surface area contributed by atoms with E-state index in [4.69, 9.17) is 4.42 Å². The number of benzene rings is 1. The maximum atomic E-state index is 14.0. The van der Waals surface area contributed by atoms with Crippen molar-refractivity contribution < 1.29 is 13.6 Å². The Morgan fingerprint density at radius 3 is 2.56 bits per heavy atom. The minimum atomic E-state index is -0.350. The van der Waals surface area contributed by atoms with Crippen molar-refractivity contribution in [1.29, 1.82) is 0 Å². The first-order valence-electron chi connectivity index (χ1n) is 10.3. The average Bonchev–Trinajstić information content (AvgIpc) is 3.40. The quantitative estimate of drug-likeness (QED) is 0.466. The van der Waals surface area contributed by atoms with Crippen LogP contribution in [0.25, 0.3) is 17.3 Å². The zero-order valence-corrected chi connectivity index (χ0v) is 18.2. The van der Waals surface area contributed by atoms with E-state index in [0.717, 1.165) is 5.69 Å². The Hall–Kier alpha value is -3.81. The van der Waals surface area contributed by atoms with Gasteiger partial charge in [-0.05, 0) is 30.3 Å². The number of hydrogen-bond acceptors (Lipinski definition) is 5. The van der Waals surface area contributed by atoms with E-state index >= 15 is 0 Å². The molecular formula is C24H24FN5O2. The van der Waals surface area contributed by atoms with Gasteiger partial charge in [-0.15, -0.1) is 0 Å². The second-order valence-electron chi connectivity index (χ2n) is 8.42.